The fourth-order valence-corrected chi connectivity index (χ4v) is 5.03. The highest BCUT2D eigenvalue weighted by atomic mass is 16.5. The van der Waals surface area contributed by atoms with Crippen molar-refractivity contribution < 1.29 is 9.53 Å². The molecule has 2 heterocycles. The third-order valence-corrected chi connectivity index (χ3v) is 6.66. The average Bonchev–Trinajstić information content (AvgIpc) is 3.10. The molecule has 2 amide bonds. The third-order valence-electron chi connectivity index (χ3n) is 6.66. The Labute approximate surface area is 185 Å². The van der Waals surface area contributed by atoms with Gasteiger partial charge in [-0.05, 0) is 50.5 Å². The number of aromatic nitrogens is 2. The summed E-state index contributed by atoms with van der Waals surface area (Å²) in [5, 5.41) is 10.7. The summed E-state index contributed by atoms with van der Waals surface area (Å²) >= 11 is 0. The number of nitrogens with zero attached hydrogens (tertiary/aromatic N) is 3. The number of aryl methyl sites for hydroxylation is 2. The summed E-state index contributed by atoms with van der Waals surface area (Å²) in [5.41, 5.74) is 4.13. The Morgan fingerprint density at radius 3 is 2.61 bits per heavy atom. The molecule has 0 unspecified atom stereocenters. The first-order valence-corrected chi connectivity index (χ1v) is 11.5. The zero-order valence-corrected chi connectivity index (χ0v) is 18.8. The highest BCUT2D eigenvalue weighted by Gasteiger charge is 2.38. The zero-order valence-electron chi connectivity index (χ0n) is 18.8. The van der Waals surface area contributed by atoms with Gasteiger partial charge in [-0.25, -0.2) is 4.79 Å². The summed E-state index contributed by atoms with van der Waals surface area (Å²) in [5.74, 6) is 0. The summed E-state index contributed by atoms with van der Waals surface area (Å²) in [4.78, 5) is 15.3. The van der Waals surface area contributed by atoms with E-state index in [9.17, 15) is 4.79 Å². The molecular formula is C24H35N5O2. The van der Waals surface area contributed by atoms with Crippen LogP contribution in [-0.4, -0.2) is 59.1 Å². The first-order valence-electron chi connectivity index (χ1n) is 11.5. The summed E-state index contributed by atoms with van der Waals surface area (Å²) in [6.07, 6.45) is 6.04. The minimum atomic E-state index is -0.138. The van der Waals surface area contributed by atoms with E-state index >= 15 is 0 Å². The largest absolute Gasteiger partial charge is 0.379 e. The first-order chi connectivity index (χ1) is 15.0. The maximum absolute atomic E-state index is 12.7. The lowest BCUT2D eigenvalue weighted by Crippen LogP contribution is -2.60. The van der Waals surface area contributed by atoms with Crippen molar-refractivity contribution in [2.45, 2.75) is 58.0 Å². The van der Waals surface area contributed by atoms with Crippen LogP contribution in [0, 0.1) is 13.8 Å². The number of anilines is 1. The van der Waals surface area contributed by atoms with E-state index in [1.807, 2.05) is 29.8 Å². The van der Waals surface area contributed by atoms with Gasteiger partial charge in [0.1, 0.15) is 0 Å². The maximum Gasteiger partial charge on any atom is 0.319 e. The van der Waals surface area contributed by atoms with Gasteiger partial charge in [0.25, 0.3) is 0 Å². The maximum atomic E-state index is 12.7. The molecule has 31 heavy (non-hydrogen) atoms. The molecule has 0 bridgehead atoms. The van der Waals surface area contributed by atoms with Crippen LogP contribution < -0.4 is 10.6 Å². The Balaban J connectivity index is 1.36. The number of carbonyl (C=O) groups is 1. The van der Waals surface area contributed by atoms with Crippen LogP contribution in [0.4, 0.5) is 10.5 Å². The lowest BCUT2D eigenvalue weighted by atomic mass is 9.80. The van der Waals surface area contributed by atoms with E-state index in [0.29, 0.717) is 13.1 Å². The molecule has 0 atom stereocenters. The van der Waals surface area contributed by atoms with Gasteiger partial charge in [0.05, 0.1) is 25.5 Å². The Hall–Kier alpha value is -2.38. The highest BCUT2D eigenvalue weighted by molar-refractivity contribution is 5.89. The Bertz CT molecular complexity index is 882. The number of ether oxygens (including phenoxy) is 1. The van der Waals surface area contributed by atoms with Crippen molar-refractivity contribution in [3.8, 4) is 0 Å². The van der Waals surface area contributed by atoms with Gasteiger partial charge in [0.2, 0.25) is 0 Å². The van der Waals surface area contributed by atoms with E-state index in [1.165, 1.54) is 19.3 Å². The molecule has 1 aromatic heterocycles. The second-order valence-corrected chi connectivity index (χ2v) is 8.98. The molecule has 2 aliphatic rings. The molecule has 1 aliphatic heterocycles. The average molecular weight is 426 g/mol. The number of carbonyl (C=O) groups excluding carboxylic acids is 1. The topological polar surface area (TPSA) is 71.4 Å². The van der Waals surface area contributed by atoms with Gasteiger partial charge in [-0.1, -0.05) is 31.4 Å². The van der Waals surface area contributed by atoms with Gasteiger partial charge in [0, 0.05) is 36.6 Å². The number of hydrogen-bond donors (Lipinski definition) is 2. The van der Waals surface area contributed by atoms with Crippen molar-refractivity contribution in [3.63, 3.8) is 0 Å². The second-order valence-electron chi connectivity index (χ2n) is 8.98. The van der Waals surface area contributed by atoms with Gasteiger partial charge in [-0.2, -0.15) is 5.10 Å². The smallest absolute Gasteiger partial charge is 0.319 e. The molecule has 1 aliphatic carbocycles. The molecule has 4 rings (SSSR count). The monoisotopic (exact) mass is 425 g/mol. The molecule has 168 valence electrons. The lowest BCUT2D eigenvalue weighted by molar-refractivity contribution is -0.0356. The normalized spacial score (nSPS) is 19.2. The molecule has 2 aromatic rings. The van der Waals surface area contributed by atoms with Crippen LogP contribution in [0.2, 0.25) is 0 Å². The Kier molecular flexibility index (Phi) is 6.92. The van der Waals surface area contributed by atoms with Crippen LogP contribution in [0.3, 0.4) is 0 Å². The van der Waals surface area contributed by atoms with E-state index in [1.54, 1.807) is 0 Å². The van der Waals surface area contributed by atoms with Gasteiger partial charge >= 0.3 is 6.03 Å². The van der Waals surface area contributed by atoms with Crippen molar-refractivity contribution in [2.75, 3.05) is 38.2 Å². The SMILES string of the molecule is Cc1cc(C)n(Cc2cccc(NC(=O)NCC3(N4CCOCC4)CCCCC3)c2)n1. The van der Waals surface area contributed by atoms with Crippen LogP contribution in [0.15, 0.2) is 30.3 Å². The predicted octanol–water partition coefficient (Wildman–Crippen LogP) is 3.70. The number of amides is 2. The van der Waals surface area contributed by atoms with E-state index < -0.39 is 0 Å². The number of nitrogens with one attached hydrogen (secondary N) is 2. The van der Waals surface area contributed by atoms with Crippen molar-refractivity contribution >= 4 is 11.7 Å². The first kappa shape index (κ1) is 21.8. The van der Waals surface area contributed by atoms with E-state index in [2.05, 4.69) is 39.7 Å². The van der Waals surface area contributed by atoms with Gasteiger partial charge < -0.3 is 15.4 Å². The number of rotatable bonds is 6. The number of hydrogen-bond acceptors (Lipinski definition) is 4. The number of urea groups is 1. The lowest BCUT2D eigenvalue weighted by Gasteiger charge is -2.48. The molecule has 1 saturated heterocycles. The quantitative estimate of drug-likeness (QED) is 0.740. The fourth-order valence-electron chi connectivity index (χ4n) is 5.03. The predicted molar refractivity (Wildman–Crippen MR) is 122 cm³/mol. The molecule has 2 fully saturated rings. The molecule has 7 heteroatoms. The Morgan fingerprint density at radius 1 is 1.13 bits per heavy atom. The van der Waals surface area contributed by atoms with Crippen molar-refractivity contribution in [3.05, 3.63) is 47.3 Å². The molecule has 7 nitrogen and oxygen atoms in total. The van der Waals surface area contributed by atoms with Gasteiger partial charge in [0.15, 0.2) is 0 Å². The van der Waals surface area contributed by atoms with Crippen LogP contribution in [-0.2, 0) is 11.3 Å². The minimum Gasteiger partial charge on any atom is -0.379 e. The summed E-state index contributed by atoms with van der Waals surface area (Å²) in [6.45, 7) is 8.93. The molecule has 2 N–H and O–H groups in total. The number of morpholine rings is 1. The third kappa shape index (κ3) is 5.46. The fraction of sp³-hybridized carbons (Fsp3) is 0.583. The molecule has 1 saturated carbocycles. The van der Waals surface area contributed by atoms with Crippen molar-refractivity contribution in [1.29, 1.82) is 0 Å². The molecule has 1 aromatic carbocycles. The van der Waals surface area contributed by atoms with Crippen LogP contribution in [0.1, 0.15) is 49.1 Å². The van der Waals surface area contributed by atoms with E-state index in [4.69, 9.17) is 4.74 Å². The molecule has 0 spiro atoms. The highest BCUT2D eigenvalue weighted by Crippen LogP contribution is 2.33. The van der Waals surface area contributed by atoms with Crippen LogP contribution >= 0.6 is 0 Å². The zero-order chi connectivity index (χ0) is 21.7. The van der Waals surface area contributed by atoms with Gasteiger partial charge in [-0.15, -0.1) is 0 Å². The summed E-state index contributed by atoms with van der Waals surface area (Å²) in [7, 11) is 0. The minimum absolute atomic E-state index is 0.0662. The number of benzene rings is 1. The van der Waals surface area contributed by atoms with Crippen molar-refractivity contribution in [2.24, 2.45) is 0 Å². The van der Waals surface area contributed by atoms with Crippen molar-refractivity contribution in [1.82, 2.24) is 20.0 Å². The van der Waals surface area contributed by atoms with Gasteiger partial charge in [-0.3, -0.25) is 9.58 Å². The Morgan fingerprint density at radius 2 is 1.90 bits per heavy atom. The summed E-state index contributed by atoms with van der Waals surface area (Å²) in [6, 6.07) is 9.94. The van der Waals surface area contributed by atoms with E-state index in [0.717, 1.165) is 61.8 Å². The standard InChI is InChI=1S/C24H35N5O2/c1-19-15-20(2)29(27-19)17-21-7-6-8-22(16-21)26-23(30)25-18-24(9-4-3-5-10-24)28-11-13-31-14-12-28/h6-8,15-16H,3-5,9-14,17-18H2,1-2H3,(H2,25,26,30). The molecule has 0 radical (unpaired) electrons. The van der Waals surface area contributed by atoms with E-state index in [-0.39, 0.29) is 11.6 Å². The van der Waals surface area contributed by atoms with Crippen LogP contribution in [0.25, 0.3) is 0 Å². The van der Waals surface area contributed by atoms with Crippen LogP contribution in [0.5, 0.6) is 0 Å². The summed E-state index contributed by atoms with van der Waals surface area (Å²) < 4.78 is 7.54. The second kappa shape index (κ2) is 9.83. The molecular weight excluding hydrogens is 390 g/mol.